The van der Waals surface area contributed by atoms with Crippen LogP contribution < -0.4 is 0 Å². The molecule has 3 nitrogen and oxygen atoms in total. The molecule has 0 saturated heterocycles. The van der Waals surface area contributed by atoms with Gasteiger partial charge in [0.25, 0.3) is 0 Å². The lowest BCUT2D eigenvalue weighted by Crippen LogP contribution is -1.99. The zero-order valence-electron chi connectivity index (χ0n) is 7.15. The van der Waals surface area contributed by atoms with Crippen molar-refractivity contribution in [1.29, 1.82) is 0 Å². The van der Waals surface area contributed by atoms with Gasteiger partial charge < -0.3 is 0 Å². The van der Waals surface area contributed by atoms with E-state index in [2.05, 4.69) is 36.9 Å². The summed E-state index contributed by atoms with van der Waals surface area (Å²) in [7, 11) is 0. The molecule has 1 rings (SSSR count). The smallest absolute Gasteiger partial charge is 0.138 e. The molecule has 0 bridgehead atoms. The van der Waals surface area contributed by atoms with Crippen LogP contribution in [0, 0.1) is 5.41 Å². The van der Waals surface area contributed by atoms with E-state index in [1.807, 2.05) is 6.20 Å². The van der Waals surface area contributed by atoms with Crippen LogP contribution in [0.15, 0.2) is 18.7 Å². The van der Waals surface area contributed by atoms with Gasteiger partial charge in [-0.25, -0.2) is 9.67 Å². The summed E-state index contributed by atoms with van der Waals surface area (Å²) in [5.41, 5.74) is 0.200. The van der Waals surface area contributed by atoms with Crippen molar-refractivity contribution < 1.29 is 0 Å². The third-order valence-electron chi connectivity index (χ3n) is 1.16. The predicted molar refractivity (Wildman–Crippen MR) is 44.8 cm³/mol. The van der Waals surface area contributed by atoms with Crippen molar-refractivity contribution in [2.45, 2.75) is 20.8 Å². The minimum absolute atomic E-state index is 0.200. The van der Waals surface area contributed by atoms with Gasteiger partial charge in [-0.1, -0.05) is 26.8 Å². The van der Waals surface area contributed by atoms with Crippen molar-refractivity contribution >= 4 is 6.20 Å². The monoisotopic (exact) mass is 151 g/mol. The van der Waals surface area contributed by atoms with Crippen molar-refractivity contribution in [2.24, 2.45) is 5.41 Å². The van der Waals surface area contributed by atoms with E-state index in [1.165, 1.54) is 6.33 Å². The maximum atomic E-state index is 3.94. The zero-order chi connectivity index (χ0) is 8.32. The minimum Gasteiger partial charge on any atom is -0.229 e. The molecule has 0 N–H and O–H groups in total. The molecule has 1 aromatic rings. The number of nitrogens with zero attached hydrogens (tertiary/aromatic N) is 3. The molecule has 0 aliphatic rings. The summed E-state index contributed by atoms with van der Waals surface area (Å²) < 4.78 is 1.69. The first kappa shape index (κ1) is 7.98. The van der Waals surface area contributed by atoms with Crippen molar-refractivity contribution in [2.75, 3.05) is 0 Å². The molecule has 0 spiro atoms. The molecule has 60 valence electrons. The third-order valence-corrected chi connectivity index (χ3v) is 1.16. The molecular formula is C8H13N3. The summed E-state index contributed by atoms with van der Waals surface area (Å²) in [6.45, 7) is 6.42. The average molecular weight is 151 g/mol. The van der Waals surface area contributed by atoms with Crippen molar-refractivity contribution in [1.82, 2.24) is 14.8 Å². The molecular weight excluding hydrogens is 138 g/mol. The Morgan fingerprint density at radius 3 is 2.55 bits per heavy atom. The molecule has 0 radical (unpaired) electrons. The van der Waals surface area contributed by atoms with Gasteiger partial charge in [-0.2, -0.15) is 5.10 Å². The number of aromatic nitrogens is 3. The summed E-state index contributed by atoms with van der Waals surface area (Å²) in [5.74, 6) is 0. The van der Waals surface area contributed by atoms with Crippen LogP contribution in [0.25, 0.3) is 6.20 Å². The van der Waals surface area contributed by atoms with Crippen LogP contribution in [-0.2, 0) is 0 Å². The number of hydrogen-bond acceptors (Lipinski definition) is 2. The summed E-state index contributed by atoms with van der Waals surface area (Å²) >= 11 is 0. The van der Waals surface area contributed by atoms with Crippen molar-refractivity contribution in [3.8, 4) is 0 Å². The lowest BCUT2D eigenvalue weighted by molar-refractivity contribution is 0.545. The number of hydrogen-bond donors (Lipinski definition) is 0. The van der Waals surface area contributed by atoms with E-state index in [0.717, 1.165) is 0 Å². The van der Waals surface area contributed by atoms with Gasteiger partial charge in [-0.05, 0) is 5.41 Å². The van der Waals surface area contributed by atoms with E-state index in [1.54, 1.807) is 11.0 Å². The molecule has 11 heavy (non-hydrogen) atoms. The molecule has 0 saturated carbocycles. The van der Waals surface area contributed by atoms with E-state index in [-0.39, 0.29) is 5.41 Å². The fourth-order valence-corrected chi connectivity index (χ4v) is 0.594. The van der Waals surface area contributed by atoms with E-state index >= 15 is 0 Å². The maximum Gasteiger partial charge on any atom is 0.138 e. The van der Waals surface area contributed by atoms with Crippen molar-refractivity contribution in [3.05, 3.63) is 18.7 Å². The largest absolute Gasteiger partial charge is 0.229 e. The fourth-order valence-electron chi connectivity index (χ4n) is 0.594. The highest BCUT2D eigenvalue weighted by molar-refractivity contribution is 5.21. The lowest BCUT2D eigenvalue weighted by Gasteiger charge is -2.10. The standard InChI is InChI=1S/C8H13N3/c1-8(2,3)4-5-11-7-9-6-10-11/h4-7H,1-3H3/b5-4+. The first-order chi connectivity index (χ1) is 5.08. The normalized spacial score (nSPS) is 12.6. The topological polar surface area (TPSA) is 30.7 Å². The molecule has 1 aromatic heterocycles. The first-order valence-corrected chi connectivity index (χ1v) is 3.61. The minimum atomic E-state index is 0.200. The Kier molecular flexibility index (Phi) is 2.08. The Hall–Kier alpha value is -1.12. The van der Waals surface area contributed by atoms with Gasteiger partial charge in [0.2, 0.25) is 0 Å². The van der Waals surface area contributed by atoms with Crippen LogP contribution in [0.1, 0.15) is 20.8 Å². The van der Waals surface area contributed by atoms with E-state index < -0.39 is 0 Å². The van der Waals surface area contributed by atoms with Crippen LogP contribution in [0.2, 0.25) is 0 Å². The molecule has 0 atom stereocenters. The highest BCUT2D eigenvalue weighted by atomic mass is 15.3. The van der Waals surface area contributed by atoms with Crippen LogP contribution in [0.3, 0.4) is 0 Å². The van der Waals surface area contributed by atoms with Gasteiger partial charge in [0.1, 0.15) is 12.7 Å². The van der Waals surface area contributed by atoms with Crippen LogP contribution in [0.5, 0.6) is 0 Å². The Balaban J connectivity index is 2.63. The number of allylic oxidation sites excluding steroid dienone is 1. The fraction of sp³-hybridized carbons (Fsp3) is 0.500. The highest BCUT2D eigenvalue weighted by Gasteiger charge is 2.02. The summed E-state index contributed by atoms with van der Waals surface area (Å²) in [6.07, 6.45) is 7.18. The Morgan fingerprint density at radius 2 is 2.09 bits per heavy atom. The molecule has 0 aliphatic carbocycles. The number of rotatable bonds is 1. The van der Waals surface area contributed by atoms with Gasteiger partial charge in [-0.3, -0.25) is 0 Å². The SMILES string of the molecule is CC(C)(C)/C=C/n1cncn1. The van der Waals surface area contributed by atoms with Gasteiger partial charge in [0.15, 0.2) is 0 Å². The molecule has 3 heteroatoms. The quantitative estimate of drug-likeness (QED) is 0.612. The zero-order valence-corrected chi connectivity index (χ0v) is 7.15. The maximum absolute atomic E-state index is 3.94. The van der Waals surface area contributed by atoms with Crippen LogP contribution in [-0.4, -0.2) is 14.8 Å². The van der Waals surface area contributed by atoms with Gasteiger partial charge in [0, 0.05) is 6.20 Å². The summed E-state index contributed by atoms with van der Waals surface area (Å²) in [5, 5.41) is 3.94. The molecule has 0 fully saturated rings. The van der Waals surface area contributed by atoms with E-state index in [9.17, 15) is 0 Å². The van der Waals surface area contributed by atoms with Gasteiger partial charge >= 0.3 is 0 Å². The highest BCUT2D eigenvalue weighted by Crippen LogP contribution is 2.14. The molecule has 0 aromatic carbocycles. The molecule has 0 unspecified atom stereocenters. The summed E-state index contributed by atoms with van der Waals surface area (Å²) in [4.78, 5) is 3.82. The van der Waals surface area contributed by atoms with Crippen molar-refractivity contribution in [3.63, 3.8) is 0 Å². The van der Waals surface area contributed by atoms with Gasteiger partial charge in [0.05, 0.1) is 0 Å². The Labute approximate surface area is 66.8 Å². The second-order valence-corrected chi connectivity index (χ2v) is 3.56. The second kappa shape index (κ2) is 2.86. The van der Waals surface area contributed by atoms with E-state index in [4.69, 9.17) is 0 Å². The third kappa shape index (κ3) is 2.98. The Bertz CT molecular complexity index is 228. The Morgan fingerprint density at radius 1 is 1.36 bits per heavy atom. The first-order valence-electron chi connectivity index (χ1n) is 3.61. The van der Waals surface area contributed by atoms with Crippen LogP contribution >= 0.6 is 0 Å². The van der Waals surface area contributed by atoms with Crippen LogP contribution in [0.4, 0.5) is 0 Å². The lowest BCUT2D eigenvalue weighted by atomic mass is 9.97. The summed E-state index contributed by atoms with van der Waals surface area (Å²) in [6, 6.07) is 0. The predicted octanol–water partition coefficient (Wildman–Crippen LogP) is 1.79. The van der Waals surface area contributed by atoms with Gasteiger partial charge in [-0.15, -0.1) is 0 Å². The average Bonchev–Trinajstić information content (AvgIpc) is 2.32. The molecule has 0 amide bonds. The second-order valence-electron chi connectivity index (χ2n) is 3.56. The van der Waals surface area contributed by atoms with E-state index in [0.29, 0.717) is 0 Å². The molecule has 0 aliphatic heterocycles. The molecule has 1 heterocycles.